The molecular weight excluding hydrogens is 310 g/mol. The van der Waals surface area contributed by atoms with E-state index in [1.165, 1.54) is 16.9 Å². The maximum atomic E-state index is 12.2. The Morgan fingerprint density at radius 1 is 1.43 bits per heavy atom. The fourth-order valence-electron chi connectivity index (χ4n) is 2.84. The summed E-state index contributed by atoms with van der Waals surface area (Å²) in [5.74, 6) is -0.0739. The van der Waals surface area contributed by atoms with Gasteiger partial charge in [0, 0.05) is 17.0 Å². The number of hydrogen-bond acceptors (Lipinski definition) is 5. The molecule has 0 aliphatic carbocycles. The molecule has 0 saturated carbocycles. The van der Waals surface area contributed by atoms with Gasteiger partial charge in [-0.05, 0) is 26.3 Å². The summed E-state index contributed by atoms with van der Waals surface area (Å²) in [7, 11) is 0. The van der Waals surface area contributed by atoms with E-state index in [0.29, 0.717) is 11.7 Å². The van der Waals surface area contributed by atoms with E-state index in [0.717, 1.165) is 30.6 Å². The second-order valence-corrected chi connectivity index (χ2v) is 6.76. The maximum absolute atomic E-state index is 12.2. The number of likely N-dealkylation sites (tertiary alicyclic amines) is 1. The maximum Gasteiger partial charge on any atom is 0.240 e. The van der Waals surface area contributed by atoms with Gasteiger partial charge in [-0.15, -0.1) is 11.3 Å². The molecule has 1 atom stereocenters. The zero-order valence-corrected chi connectivity index (χ0v) is 14.0. The number of nitrogens with zero attached hydrogens (tertiary/aromatic N) is 2. The van der Waals surface area contributed by atoms with Crippen LogP contribution in [0.4, 0.5) is 5.13 Å². The van der Waals surface area contributed by atoms with Crippen molar-refractivity contribution in [2.75, 3.05) is 25.0 Å². The predicted octanol–water partition coefficient (Wildman–Crippen LogP) is 2.51. The second kappa shape index (κ2) is 7.21. The molecular formula is C17H21N3O2S. The molecule has 3 rings (SSSR count). The molecule has 2 N–H and O–H groups in total. The minimum atomic E-state index is -0.0739. The molecule has 1 amide bonds. The van der Waals surface area contributed by atoms with Crippen LogP contribution in [-0.2, 0) is 4.79 Å². The van der Waals surface area contributed by atoms with Crippen molar-refractivity contribution in [1.82, 2.24) is 9.88 Å². The van der Waals surface area contributed by atoms with Crippen LogP contribution in [0.25, 0.3) is 11.3 Å². The monoisotopic (exact) mass is 331 g/mol. The third kappa shape index (κ3) is 3.96. The van der Waals surface area contributed by atoms with E-state index in [-0.39, 0.29) is 18.6 Å². The Labute approximate surface area is 140 Å². The van der Waals surface area contributed by atoms with Gasteiger partial charge < -0.3 is 10.4 Å². The minimum absolute atomic E-state index is 0.0739. The fourth-order valence-corrected chi connectivity index (χ4v) is 3.58. The van der Waals surface area contributed by atoms with Gasteiger partial charge in [-0.3, -0.25) is 9.69 Å². The molecule has 0 bridgehead atoms. The van der Waals surface area contributed by atoms with E-state index in [2.05, 4.69) is 29.4 Å². The zero-order valence-electron chi connectivity index (χ0n) is 13.2. The molecule has 0 spiro atoms. The summed E-state index contributed by atoms with van der Waals surface area (Å²) in [5, 5.41) is 14.7. The Hall–Kier alpha value is -1.76. The summed E-state index contributed by atoms with van der Waals surface area (Å²) < 4.78 is 0. The number of benzene rings is 1. The molecule has 6 heteroatoms. The number of carbonyl (C=O) groups excluding carboxylic acids is 1. The number of hydrogen-bond donors (Lipinski definition) is 2. The summed E-state index contributed by atoms with van der Waals surface area (Å²) in [6.07, 6.45) is 1.99. The van der Waals surface area contributed by atoms with E-state index < -0.39 is 0 Å². The van der Waals surface area contributed by atoms with Crippen molar-refractivity contribution in [2.24, 2.45) is 0 Å². The molecule has 1 aliphatic heterocycles. The van der Waals surface area contributed by atoms with Crippen molar-refractivity contribution in [1.29, 1.82) is 0 Å². The van der Waals surface area contributed by atoms with Gasteiger partial charge in [0.15, 0.2) is 5.13 Å². The number of nitrogens with one attached hydrogen (secondary N) is 1. The van der Waals surface area contributed by atoms with Crippen LogP contribution >= 0.6 is 11.3 Å². The molecule has 0 unspecified atom stereocenters. The number of rotatable bonds is 5. The number of aliphatic hydroxyl groups excluding tert-OH is 1. The Morgan fingerprint density at radius 2 is 2.22 bits per heavy atom. The number of carbonyl (C=O) groups is 1. The lowest BCUT2D eigenvalue weighted by molar-refractivity contribution is -0.117. The van der Waals surface area contributed by atoms with Crippen LogP contribution in [0.2, 0.25) is 0 Å². The van der Waals surface area contributed by atoms with Crippen LogP contribution in [0.15, 0.2) is 29.6 Å². The third-order valence-corrected chi connectivity index (χ3v) is 4.91. The van der Waals surface area contributed by atoms with Crippen LogP contribution in [0.5, 0.6) is 0 Å². The highest BCUT2D eigenvalue weighted by molar-refractivity contribution is 7.14. The molecule has 1 aliphatic rings. The van der Waals surface area contributed by atoms with Gasteiger partial charge >= 0.3 is 0 Å². The van der Waals surface area contributed by atoms with Crippen molar-refractivity contribution in [3.63, 3.8) is 0 Å². The van der Waals surface area contributed by atoms with Crippen LogP contribution in [0.1, 0.15) is 18.4 Å². The van der Waals surface area contributed by atoms with Crippen LogP contribution in [-0.4, -0.2) is 46.6 Å². The zero-order chi connectivity index (χ0) is 16.2. The normalized spacial score (nSPS) is 18.3. The van der Waals surface area contributed by atoms with E-state index in [9.17, 15) is 9.90 Å². The molecule has 1 aromatic heterocycles. The van der Waals surface area contributed by atoms with Crippen molar-refractivity contribution < 1.29 is 9.90 Å². The first kappa shape index (κ1) is 16.1. The Kier molecular flexibility index (Phi) is 5.05. The number of aliphatic hydroxyl groups is 1. The van der Waals surface area contributed by atoms with Gasteiger partial charge in [0.05, 0.1) is 18.8 Å². The Balaban J connectivity index is 1.60. The molecule has 2 aromatic rings. The standard InChI is InChI=1S/C17H21N3O2S/c1-12-4-6-13(7-5-12)15-11-23-17(18-15)19-16(22)9-20-8-2-3-14(20)10-21/h4-7,11,14,21H,2-3,8-10H2,1H3,(H,18,19,22)/t14-/m1/s1. The lowest BCUT2D eigenvalue weighted by Gasteiger charge is -2.21. The first-order chi connectivity index (χ1) is 11.2. The lowest BCUT2D eigenvalue weighted by atomic mass is 10.1. The first-order valence-corrected chi connectivity index (χ1v) is 8.71. The minimum Gasteiger partial charge on any atom is -0.395 e. The van der Waals surface area contributed by atoms with E-state index >= 15 is 0 Å². The first-order valence-electron chi connectivity index (χ1n) is 7.83. The van der Waals surface area contributed by atoms with Gasteiger partial charge in [0.25, 0.3) is 0 Å². The summed E-state index contributed by atoms with van der Waals surface area (Å²) in [4.78, 5) is 18.7. The summed E-state index contributed by atoms with van der Waals surface area (Å²) >= 11 is 1.43. The van der Waals surface area contributed by atoms with Crippen molar-refractivity contribution in [3.05, 3.63) is 35.2 Å². The van der Waals surface area contributed by atoms with Crippen LogP contribution < -0.4 is 5.32 Å². The van der Waals surface area contributed by atoms with E-state index in [4.69, 9.17) is 0 Å². The molecule has 2 heterocycles. The van der Waals surface area contributed by atoms with Gasteiger partial charge in [-0.25, -0.2) is 4.98 Å². The van der Waals surface area contributed by atoms with Crippen LogP contribution in [0, 0.1) is 6.92 Å². The van der Waals surface area contributed by atoms with Gasteiger partial charge in [-0.1, -0.05) is 29.8 Å². The summed E-state index contributed by atoms with van der Waals surface area (Å²) in [5.41, 5.74) is 3.13. The molecule has 1 fully saturated rings. The van der Waals surface area contributed by atoms with E-state index in [1.54, 1.807) is 0 Å². The molecule has 1 aromatic carbocycles. The van der Waals surface area contributed by atoms with Crippen molar-refractivity contribution in [3.8, 4) is 11.3 Å². The molecule has 23 heavy (non-hydrogen) atoms. The fraction of sp³-hybridized carbons (Fsp3) is 0.412. The van der Waals surface area contributed by atoms with E-state index in [1.807, 2.05) is 22.4 Å². The summed E-state index contributed by atoms with van der Waals surface area (Å²) in [6.45, 7) is 3.34. The van der Waals surface area contributed by atoms with Gasteiger partial charge in [0.1, 0.15) is 0 Å². The number of anilines is 1. The number of thiazole rings is 1. The Bertz CT molecular complexity index is 669. The average molecular weight is 331 g/mol. The average Bonchev–Trinajstić information content (AvgIpc) is 3.17. The molecule has 5 nitrogen and oxygen atoms in total. The number of amides is 1. The summed E-state index contributed by atoms with van der Waals surface area (Å²) in [6, 6.07) is 8.28. The lowest BCUT2D eigenvalue weighted by Crippen LogP contribution is -2.38. The van der Waals surface area contributed by atoms with Crippen molar-refractivity contribution in [2.45, 2.75) is 25.8 Å². The molecule has 122 valence electrons. The Morgan fingerprint density at radius 3 is 2.96 bits per heavy atom. The highest BCUT2D eigenvalue weighted by Gasteiger charge is 2.25. The molecule has 1 saturated heterocycles. The SMILES string of the molecule is Cc1ccc(-c2csc(NC(=O)CN3CCC[C@@H]3CO)n2)cc1. The van der Waals surface area contributed by atoms with Gasteiger partial charge in [-0.2, -0.15) is 0 Å². The smallest absolute Gasteiger partial charge is 0.240 e. The highest BCUT2D eigenvalue weighted by atomic mass is 32.1. The molecule has 0 radical (unpaired) electrons. The van der Waals surface area contributed by atoms with Crippen molar-refractivity contribution >= 4 is 22.4 Å². The second-order valence-electron chi connectivity index (χ2n) is 5.90. The largest absolute Gasteiger partial charge is 0.395 e. The third-order valence-electron chi connectivity index (χ3n) is 4.15. The van der Waals surface area contributed by atoms with Crippen LogP contribution in [0.3, 0.4) is 0 Å². The quantitative estimate of drug-likeness (QED) is 0.883. The number of aryl methyl sites for hydroxylation is 1. The predicted molar refractivity (Wildman–Crippen MR) is 92.6 cm³/mol. The van der Waals surface area contributed by atoms with Gasteiger partial charge in [0.2, 0.25) is 5.91 Å². The highest BCUT2D eigenvalue weighted by Crippen LogP contribution is 2.25. The number of aromatic nitrogens is 1. The topological polar surface area (TPSA) is 65.5 Å².